The predicted octanol–water partition coefficient (Wildman–Crippen LogP) is 3.46. The van der Waals surface area contributed by atoms with E-state index < -0.39 is 0 Å². The van der Waals surface area contributed by atoms with Crippen LogP contribution in [-0.4, -0.2) is 14.7 Å². The van der Waals surface area contributed by atoms with E-state index in [1.807, 2.05) is 42.9 Å². The Morgan fingerprint density at radius 3 is 2.81 bits per heavy atom. The predicted molar refractivity (Wildman–Crippen MR) is 85.0 cm³/mol. The van der Waals surface area contributed by atoms with E-state index in [0.717, 1.165) is 22.0 Å². The first-order chi connectivity index (χ1) is 10.0. The first-order valence-corrected chi connectivity index (χ1v) is 7.09. The molecule has 0 atom stereocenters. The molecule has 3 rings (SSSR count). The lowest BCUT2D eigenvalue weighted by molar-refractivity contribution is 0.467. The molecule has 21 heavy (non-hydrogen) atoms. The highest BCUT2D eigenvalue weighted by molar-refractivity contribution is 6.35. The third-order valence-corrected chi connectivity index (χ3v) is 4.01. The van der Waals surface area contributed by atoms with E-state index >= 15 is 0 Å². The van der Waals surface area contributed by atoms with Crippen molar-refractivity contribution >= 4 is 22.5 Å². The Morgan fingerprint density at radius 2 is 2.10 bits per heavy atom. The molecule has 0 fully saturated rings. The summed E-state index contributed by atoms with van der Waals surface area (Å²) in [6.45, 7) is 1.94. The fourth-order valence-corrected chi connectivity index (χ4v) is 2.98. The molecule has 0 spiro atoms. The normalized spacial score (nSPS) is 11.2. The highest BCUT2D eigenvalue weighted by Crippen LogP contribution is 2.32. The van der Waals surface area contributed by atoms with E-state index in [4.69, 9.17) is 11.6 Å². The molecule has 0 aliphatic heterocycles. The maximum absolute atomic E-state index is 11.6. The smallest absolute Gasteiger partial charge is 0.252 e. The third kappa shape index (κ3) is 2.21. The second-order valence-electron chi connectivity index (χ2n) is 5.05. The highest BCUT2D eigenvalue weighted by atomic mass is 35.5. The van der Waals surface area contributed by atoms with Crippen LogP contribution in [0.5, 0.6) is 5.75 Å². The first-order valence-electron chi connectivity index (χ1n) is 6.71. The average molecular weight is 303 g/mol. The Balaban J connectivity index is 2.30. The van der Waals surface area contributed by atoms with E-state index in [2.05, 4.69) is 4.98 Å². The molecule has 0 bridgehead atoms. The second kappa shape index (κ2) is 4.97. The van der Waals surface area contributed by atoms with Gasteiger partial charge in [0.2, 0.25) is 0 Å². The van der Waals surface area contributed by atoms with Gasteiger partial charge in [-0.2, -0.15) is 0 Å². The van der Waals surface area contributed by atoms with E-state index in [-0.39, 0.29) is 11.3 Å². The summed E-state index contributed by atoms with van der Waals surface area (Å²) >= 11 is 6.23. The third-order valence-electron chi connectivity index (χ3n) is 3.71. The number of aromatic nitrogens is 2. The number of hydrogen-bond acceptors (Lipinski definition) is 2. The van der Waals surface area contributed by atoms with Crippen LogP contribution in [0.4, 0.5) is 0 Å². The topological polar surface area (TPSA) is 58.0 Å². The summed E-state index contributed by atoms with van der Waals surface area (Å²) in [7, 11) is 1.93. The number of halogens is 1. The highest BCUT2D eigenvalue weighted by Gasteiger charge is 2.12. The molecule has 0 radical (unpaired) electrons. The summed E-state index contributed by atoms with van der Waals surface area (Å²) in [5.74, 6) is 0.0236. The number of aromatic hydroxyl groups is 1. The van der Waals surface area contributed by atoms with Crippen molar-refractivity contribution in [3.8, 4) is 17.0 Å². The fourth-order valence-electron chi connectivity index (χ4n) is 2.68. The van der Waals surface area contributed by atoms with Crippen LogP contribution in [0.3, 0.4) is 0 Å². The summed E-state index contributed by atoms with van der Waals surface area (Å²) < 4.78 is 1.95. The van der Waals surface area contributed by atoms with Gasteiger partial charge in [0.1, 0.15) is 5.75 Å². The van der Waals surface area contributed by atoms with Gasteiger partial charge in [-0.1, -0.05) is 24.6 Å². The number of hydrogen-bond donors (Lipinski definition) is 2. The molecular formula is C16H15ClN2O2. The molecule has 5 heteroatoms. The zero-order chi connectivity index (χ0) is 15.1. The minimum Gasteiger partial charge on any atom is -0.507 e. The van der Waals surface area contributed by atoms with Crippen molar-refractivity contribution in [2.75, 3.05) is 0 Å². The summed E-state index contributed by atoms with van der Waals surface area (Å²) in [5, 5.41) is 11.5. The minimum atomic E-state index is -0.320. The van der Waals surface area contributed by atoms with Crippen molar-refractivity contribution < 1.29 is 5.11 Å². The number of rotatable bonds is 2. The number of aryl methyl sites for hydroxylation is 1. The number of nitrogens with one attached hydrogen (secondary N) is 1. The van der Waals surface area contributed by atoms with Crippen LogP contribution in [0.1, 0.15) is 12.5 Å². The SMILES string of the molecule is CCc1c(O)cc(=O)[nH]c1-c1ccc2c(c1)c(Cl)cn2C. The van der Waals surface area contributed by atoms with Gasteiger partial charge in [0.25, 0.3) is 5.56 Å². The maximum Gasteiger partial charge on any atom is 0.252 e. The van der Waals surface area contributed by atoms with Crippen molar-refractivity contribution in [1.29, 1.82) is 0 Å². The number of pyridine rings is 1. The van der Waals surface area contributed by atoms with E-state index in [1.54, 1.807) is 0 Å². The van der Waals surface area contributed by atoms with Crippen LogP contribution >= 0.6 is 11.6 Å². The molecule has 2 N–H and O–H groups in total. The van der Waals surface area contributed by atoms with Gasteiger partial charge in [0.15, 0.2) is 0 Å². The zero-order valence-electron chi connectivity index (χ0n) is 11.8. The summed E-state index contributed by atoms with van der Waals surface area (Å²) in [4.78, 5) is 14.5. The Bertz CT molecular complexity index is 893. The average Bonchev–Trinajstić information content (AvgIpc) is 2.73. The minimum absolute atomic E-state index is 0.0236. The Morgan fingerprint density at radius 1 is 1.33 bits per heavy atom. The Hall–Kier alpha value is -2.20. The van der Waals surface area contributed by atoms with Gasteiger partial charge >= 0.3 is 0 Å². The van der Waals surface area contributed by atoms with Crippen LogP contribution in [0.2, 0.25) is 5.02 Å². The molecule has 2 aromatic heterocycles. The van der Waals surface area contributed by atoms with Crippen LogP contribution in [-0.2, 0) is 13.5 Å². The first kappa shape index (κ1) is 13.8. The van der Waals surface area contributed by atoms with Gasteiger partial charge < -0.3 is 14.7 Å². The van der Waals surface area contributed by atoms with Gasteiger partial charge in [-0.3, -0.25) is 4.79 Å². The van der Waals surface area contributed by atoms with Crippen LogP contribution in [0, 0.1) is 0 Å². The molecule has 3 aromatic rings. The lowest BCUT2D eigenvalue weighted by atomic mass is 10.0. The van der Waals surface area contributed by atoms with Gasteiger partial charge in [-0.05, 0) is 24.1 Å². The zero-order valence-corrected chi connectivity index (χ0v) is 12.5. The van der Waals surface area contributed by atoms with Gasteiger partial charge in [0.05, 0.1) is 10.7 Å². The van der Waals surface area contributed by atoms with Crippen molar-refractivity contribution in [3.05, 3.63) is 51.4 Å². The van der Waals surface area contributed by atoms with Crippen molar-refractivity contribution in [3.63, 3.8) is 0 Å². The van der Waals surface area contributed by atoms with Crippen LogP contribution in [0.25, 0.3) is 22.2 Å². The summed E-state index contributed by atoms with van der Waals surface area (Å²) in [6.07, 6.45) is 2.47. The number of nitrogens with zero attached hydrogens (tertiary/aromatic N) is 1. The fraction of sp³-hybridized carbons (Fsp3) is 0.188. The lowest BCUT2D eigenvalue weighted by Gasteiger charge is -2.10. The lowest BCUT2D eigenvalue weighted by Crippen LogP contribution is -2.07. The monoisotopic (exact) mass is 302 g/mol. The van der Waals surface area contributed by atoms with Gasteiger partial charge in [-0.15, -0.1) is 0 Å². The summed E-state index contributed by atoms with van der Waals surface area (Å²) in [6, 6.07) is 7.01. The number of aromatic amines is 1. The molecule has 0 aliphatic rings. The Kier molecular flexibility index (Phi) is 3.26. The Labute approximate surface area is 126 Å². The van der Waals surface area contributed by atoms with E-state index in [0.29, 0.717) is 17.1 Å². The van der Waals surface area contributed by atoms with Crippen LogP contribution < -0.4 is 5.56 Å². The number of H-pyrrole nitrogens is 1. The largest absolute Gasteiger partial charge is 0.507 e. The molecule has 0 saturated heterocycles. The van der Waals surface area contributed by atoms with Gasteiger partial charge in [-0.25, -0.2) is 0 Å². The van der Waals surface area contributed by atoms with E-state index in [1.165, 1.54) is 6.07 Å². The number of fused-ring (bicyclic) bond motifs is 1. The van der Waals surface area contributed by atoms with Gasteiger partial charge in [0, 0.05) is 35.8 Å². The van der Waals surface area contributed by atoms with E-state index in [9.17, 15) is 9.90 Å². The van der Waals surface area contributed by atoms with Crippen LogP contribution in [0.15, 0.2) is 35.3 Å². The number of benzene rings is 1. The standard InChI is InChI=1S/C16H15ClN2O2/c1-3-10-14(20)7-15(21)18-16(10)9-4-5-13-11(6-9)12(17)8-19(13)2/h4-8H,3H2,1-2H3,(H2,18,20,21). The molecule has 0 saturated carbocycles. The molecule has 0 unspecified atom stereocenters. The molecule has 0 aliphatic carbocycles. The molecule has 1 aromatic carbocycles. The second-order valence-corrected chi connectivity index (χ2v) is 5.45. The molecule has 4 nitrogen and oxygen atoms in total. The maximum atomic E-state index is 11.6. The van der Waals surface area contributed by atoms with Crippen molar-refractivity contribution in [2.45, 2.75) is 13.3 Å². The summed E-state index contributed by atoms with van der Waals surface area (Å²) in [5.41, 5.74) is 2.90. The molecule has 0 amide bonds. The quantitative estimate of drug-likeness (QED) is 0.761. The molecular weight excluding hydrogens is 288 g/mol. The molecule has 108 valence electrons. The molecule has 2 heterocycles. The van der Waals surface area contributed by atoms with Crippen molar-refractivity contribution in [2.24, 2.45) is 7.05 Å². The van der Waals surface area contributed by atoms with Crippen molar-refractivity contribution in [1.82, 2.24) is 9.55 Å².